The highest BCUT2D eigenvalue weighted by molar-refractivity contribution is 7.98. The van der Waals surface area contributed by atoms with E-state index in [4.69, 9.17) is 5.11 Å². The number of aromatic carboxylic acids is 1. The van der Waals surface area contributed by atoms with Crippen LogP contribution in [-0.2, 0) is 13.0 Å². The summed E-state index contributed by atoms with van der Waals surface area (Å²) >= 11 is 1.77. The van der Waals surface area contributed by atoms with Gasteiger partial charge >= 0.3 is 5.97 Å². The minimum absolute atomic E-state index is 0.0849. The number of carboxylic acids is 1. The van der Waals surface area contributed by atoms with Crippen molar-refractivity contribution in [3.63, 3.8) is 0 Å². The molecule has 5 nitrogen and oxygen atoms in total. The second-order valence-corrected chi connectivity index (χ2v) is 4.10. The van der Waals surface area contributed by atoms with E-state index in [1.54, 1.807) is 16.4 Å². The number of thioether (sulfide) groups is 1. The van der Waals surface area contributed by atoms with E-state index in [9.17, 15) is 4.79 Å². The van der Waals surface area contributed by atoms with Gasteiger partial charge in [-0.2, -0.15) is 11.8 Å². The fourth-order valence-electron chi connectivity index (χ4n) is 1.39. The van der Waals surface area contributed by atoms with Gasteiger partial charge in [0.1, 0.15) is 0 Å². The van der Waals surface area contributed by atoms with Crippen LogP contribution in [0, 0.1) is 0 Å². The number of hydrogen-bond acceptors (Lipinski definition) is 4. The van der Waals surface area contributed by atoms with Gasteiger partial charge < -0.3 is 5.11 Å². The predicted octanol–water partition coefficient (Wildman–Crippen LogP) is 1.29. The van der Waals surface area contributed by atoms with Crippen LogP contribution in [0.3, 0.4) is 0 Å². The lowest BCUT2D eigenvalue weighted by Crippen LogP contribution is -2.08. The molecule has 0 amide bonds. The third-order valence-corrected chi connectivity index (χ3v) is 2.79. The summed E-state index contributed by atoms with van der Waals surface area (Å²) < 4.78 is 1.69. The average molecular weight is 229 g/mol. The second kappa shape index (κ2) is 5.75. The lowest BCUT2D eigenvalue weighted by Gasteiger charge is -2.03. The molecule has 0 aliphatic heterocycles. The maximum atomic E-state index is 10.8. The first-order valence-electron chi connectivity index (χ1n) is 4.85. The molecule has 0 unspecified atom stereocenters. The number of aryl methyl sites for hydroxylation is 1. The van der Waals surface area contributed by atoms with Crippen LogP contribution < -0.4 is 0 Å². The average Bonchev–Trinajstić information content (AvgIpc) is 2.61. The Balaban J connectivity index is 2.75. The highest BCUT2D eigenvalue weighted by atomic mass is 32.2. The van der Waals surface area contributed by atoms with Gasteiger partial charge in [0, 0.05) is 6.54 Å². The van der Waals surface area contributed by atoms with E-state index in [0.717, 1.165) is 18.7 Å². The zero-order valence-corrected chi connectivity index (χ0v) is 9.75. The fraction of sp³-hybridized carbons (Fsp3) is 0.667. The molecule has 0 bridgehead atoms. The van der Waals surface area contributed by atoms with Crippen LogP contribution in [0.2, 0.25) is 0 Å². The van der Waals surface area contributed by atoms with Gasteiger partial charge in [0.25, 0.3) is 0 Å². The van der Waals surface area contributed by atoms with E-state index in [1.165, 1.54) is 0 Å². The molecule has 15 heavy (non-hydrogen) atoms. The molecule has 1 heterocycles. The van der Waals surface area contributed by atoms with Crippen molar-refractivity contribution in [3.8, 4) is 0 Å². The van der Waals surface area contributed by atoms with Crippen molar-refractivity contribution in [1.29, 1.82) is 0 Å². The standard InChI is InChI=1S/C9H15N3O2S/c1-3-7-8(9(13)14)10-11-12(7)5-4-6-15-2/h3-6H2,1-2H3,(H,13,14). The van der Waals surface area contributed by atoms with E-state index in [-0.39, 0.29) is 5.69 Å². The van der Waals surface area contributed by atoms with Crippen molar-refractivity contribution in [2.24, 2.45) is 0 Å². The van der Waals surface area contributed by atoms with Crippen molar-refractivity contribution in [1.82, 2.24) is 15.0 Å². The highest BCUT2D eigenvalue weighted by Gasteiger charge is 2.16. The Labute approximate surface area is 92.9 Å². The van der Waals surface area contributed by atoms with Crippen molar-refractivity contribution in [2.75, 3.05) is 12.0 Å². The fourth-order valence-corrected chi connectivity index (χ4v) is 1.80. The molecule has 1 rings (SSSR count). The number of rotatable bonds is 6. The van der Waals surface area contributed by atoms with Crippen molar-refractivity contribution in [3.05, 3.63) is 11.4 Å². The number of carboxylic acid groups (broad SMARTS) is 1. The Morgan fingerprint density at radius 1 is 1.60 bits per heavy atom. The van der Waals surface area contributed by atoms with Gasteiger partial charge in [0.05, 0.1) is 5.69 Å². The Bertz CT molecular complexity index is 338. The lowest BCUT2D eigenvalue weighted by atomic mass is 10.2. The molecule has 0 radical (unpaired) electrons. The largest absolute Gasteiger partial charge is 0.476 e. The van der Waals surface area contributed by atoms with Gasteiger partial charge in [-0.25, -0.2) is 9.48 Å². The molecular formula is C9H15N3O2S. The predicted molar refractivity (Wildman–Crippen MR) is 59.4 cm³/mol. The molecule has 0 aliphatic rings. The van der Waals surface area contributed by atoms with Crippen molar-refractivity contribution < 1.29 is 9.90 Å². The SMILES string of the molecule is CCc1c(C(=O)O)nnn1CCCSC. The number of hydrogen-bond donors (Lipinski definition) is 1. The summed E-state index contributed by atoms with van der Waals surface area (Å²) in [6, 6.07) is 0. The van der Waals surface area contributed by atoms with Crippen LogP contribution in [0.4, 0.5) is 0 Å². The first-order chi connectivity index (χ1) is 7.20. The van der Waals surface area contributed by atoms with Crippen LogP contribution in [0.15, 0.2) is 0 Å². The number of aromatic nitrogens is 3. The molecule has 0 spiro atoms. The Morgan fingerprint density at radius 2 is 2.33 bits per heavy atom. The monoisotopic (exact) mass is 229 g/mol. The van der Waals surface area contributed by atoms with E-state index < -0.39 is 5.97 Å². The molecule has 1 N–H and O–H groups in total. The third kappa shape index (κ3) is 2.95. The zero-order chi connectivity index (χ0) is 11.3. The highest BCUT2D eigenvalue weighted by Crippen LogP contribution is 2.08. The molecule has 0 atom stereocenters. The van der Waals surface area contributed by atoms with Gasteiger partial charge in [-0.05, 0) is 24.9 Å². The van der Waals surface area contributed by atoms with Gasteiger partial charge in [-0.1, -0.05) is 12.1 Å². The first-order valence-corrected chi connectivity index (χ1v) is 6.24. The second-order valence-electron chi connectivity index (χ2n) is 3.11. The summed E-state index contributed by atoms with van der Waals surface area (Å²) in [4.78, 5) is 10.8. The molecule has 1 aromatic rings. The topological polar surface area (TPSA) is 68.0 Å². The molecule has 0 saturated heterocycles. The van der Waals surface area contributed by atoms with E-state index in [0.29, 0.717) is 12.1 Å². The molecule has 6 heteroatoms. The molecule has 84 valence electrons. The normalized spacial score (nSPS) is 10.5. The van der Waals surface area contributed by atoms with Gasteiger partial charge in [0.2, 0.25) is 0 Å². The molecule has 0 fully saturated rings. The summed E-state index contributed by atoms with van der Waals surface area (Å²) in [7, 11) is 0. The molecule has 0 aliphatic carbocycles. The summed E-state index contributed by atoms with van der Waals surface area (Å²) in [6.07, 6.45) is 3.68. The smallest absolute Gasteiger partial charge is 0.358 e. The molecular weight excluding hydrogens is 214 g/mol. The summed E-state index contributed by atoms with van der Waals surface area (Å²) in [6.45, 7) is 2.65. The molecule has 0 aromatic carbocycles. The molecule has 1 aromatic heterocycles. The maximum absolute atomic E-state index is 10.8. The van der Waals surface area contributed by atoms with E-state index >= 15 is 0 Å². The minimum Gasteiger partial charge on any atom is -0.476 e. The lowest BCUT2D eigenvalue weighted by molar-refractivity contribution is 0.0689. The zero-order valence-electron chi connectivity index (χ0n) is 8.93. The van der Waals surface area contributed by atoms with Gasteiger partial charge in [-0.15, -0.1) is 5.10 Å². The first kappa shape index (κ1) is 12.0. The number of carbonyl (C=O) groups is 1. The Morgan fingerprint density at radius 3 is 2.87 bits per heavy atom. The van der Waals surface area contributed by atoms with E-state index in [1.807, 2.05) is 13.2 Å². The van der Waals surface area contributed by atoms with Crippen LogP contribution >= 0.6 is 11.8 Å². The van der Waals surface area contributed by atoms with Crippen LogP contribution in [0.1, 0.15) is 29.5 Å². The van der Waals surface area contributed by atoms with Gasteiger partial charge in [-0.3, -0.25) is 0 Å². The maximum Gasteiger partial charge on any atom is 0.358 e. The van der Waals surface area contributed by atoms with Crippen molar-refractivity contribution >= 4 is 17.7 Å². The quantitative estimate of drug-likeness (QED) is 0.744. The minimum atomic E-state index is -0.997. The van der Waals surface area contributed by atoms with Crippen LogP contribution in [0.5, 0.6) is 0 Å². The summed E-state index contributed by atoms with van der Waals surface area (Å²) in [5.41, 5.74) is 0.797. The Hall–Kier alpha value is -1.04. The third-order valence-electron chi connectivity index (χ3n) is 2.09. The number of nitrogens with zero attached hydrogens (tertiary/aromatic N) is 3. The van der Waals surface area contributed by atoms with Crippen molar-refractivity contribution in [2.45, 2.75) is 26.3 Å². The van der Waals surface area contributed by atoms with Crippen LogP contribution in [-0.4, -0.2) is 38.1 Å². The van der Waals surface area contributed by atoms with Gasteiger partial charge in [0.15, 0.2) is 5.69 Å². The molecule has 0 saturated carbocycles. The Kier molecular flexibility index (Phi) is 4.61. The summed E-state index contributed by atoms with van der Waals surface area (Å²) in [5.74, 6) is 0.0498. The van der Waals surface area contributed by atoms with E-state index in [2.05, 4.69) is 10.3 Å². The van der Waals surface area contributed by atoms with Crippen LogP contribution in [0.25, 0.3) is 0 Å². The summed E-state index contributed by atoms with van der Waals surface area (Å²) in [5, 5.41) is 16.4.